The molecule has 0 rings (SSSR count). The number of rotatable bonds is 17. The monoisotopic (exact) mass is 436 g/mol. The second-order valence-corrected chi connectivity index (χ2v) is 10.4. The van der Waals surface area contributed by atoms with Gasteiger partial charge in [0.1, 0.15) is 6.54 Å². The lowest BCUT2D eigenvalue weighted by Gasteiger charge is -2.23. The van der Waals surface area contributed by atoms with E-state index >= 15 is 0 Å². The number of unbranched alkanes of at least 4 members (excludes halogenated alkanes) is 13. The number of hydrogen-bond donors (Lipinski definition) is 0. The summed E-state index contributed by atoms with van der Waals surface area (Å²) >= 11 is 0. The first-order valence-corrected chi connectivity index (χ1v) is 11.8. The van der Waals surface area contributed by atoms with Gasteiger partial charge < -0.3 is 31.3 Å². The van der Waals surface area contributed by atoms with E-state index in [-0.39, 0.29) is 19.0 Å². The van der Waals surface area contributed by atoms with Crippen molar-refractivity contribution in [2.24, 2.45) is 0 Å². The molecule has 0 aromatic heterocycles. The maximum absolute atomic E-state index is 9.89. The Morgan fingerprint density at radius 1 is 0.586 bits per heavy atom. The van der Waals surface area contributed by atoms with Crippen LogP contribution in [0.15, 0.2) is 0 Å². The predicted octanol–water partition coefficient (Wildman–Crippen LogP) is 1.62. The summed E-state index contributed by atoms with van der Waals surface area (Å²) in [6, 6.07) is 0. The second-order valence-electron chi connectivity index (χ2n) is 10.4. The van der Waals surface area contributed by atoms with Gasteiger partial charge in [0.05, 0.1) is 54.8 Å². The third-order valence-corrected chi connectivity index (χ3v) is 4.79. The normalized spacial score (nSPS) is 11.4. The molecule has 0 saturated carbocycles. The van der Waals surface area contributed by atoms with Gasteiger partial charge in [-0.3, -0.25) is 0 Å². The predicted molar refractivity (Wildman–Crippen MR) is 121 cm³/mol. The highest BCUT2D eigenvalue weighted by atomic mass is 35.5. The van der Waals surface area contributed by atoms with Crippen LogP contribution in [0.1, 0.15) is 96.8 Å². The Hall–Kier alpha value is -0.320. The summed E-state index contributed by atoms with van der Waals surface area (Å²) in [6.45, 7) is 3.69. The summed E-state index contributed by atoms with van der Waals surface area (Å²) in [5, 5.41) is 9.89. The minimum atomic E-state index is -1.00. The zero-order valence-corrected chi connectivity index (χ0v) is 21.7. The summed E-state index contributed by atoms with van der Waals surface area (Å²) in [5.74, 6) is -1.00. The van der Waals surface area contributed by atoms with Crippen molar-refractivity contribution in [2.75, 3.05) is 55.4 Å². The van der Waals surface area contributed by atoms with E-state index in [2.05, 4.69) is 28.1 Å². The van der Waals surface area contributed by atoms with Crippen molar-refractivity contribution in [3.05, 3.63) is 0 Å². The molecule has 178 valence electrons. The van der Waals surface area contributed by atoms with Gasteiger partial charge in [-0.2, -0.15) is 0 Å². The summed E-state index contributed by atoms with van der Waals surface area (Å²) in [6.07, 6.45) is 20.4. The van der Waals surface area contributed by atoms with Crippen LogP contribution in [0.2, 0.25) is 0 Å². The molecule has 5 heteroatoms. The summed E-state index contributed by atoms with van der Waals surface area (Å²) in [5.41, 5.74) is 0. The van der Waals surface area contributed by atoms with Crippen molar-refractivity contribution >= 4 is 5.97 Å². The van der Waals surface area contributed by atoms with Crippen molar-refractivity contribution in [1.82, 2.24) is 0 Å². The smallest absolute Gasteiger partial charge is 0.118 e. The number of carbonyl (C=O) groups is 1. The molecule has 0 aromatic carbocycles. The molecular formula is C24H53ClN2O2. The molecule has 0 aliphatic rings. The summed E-state index contributed by atoms with van der Waals surface area (Å²) < 4.78 is 1.54. The number of carboxylic acid groups (broad SMARTS) is 1. The van der Waals surface area contributed by atoms with Gasteiger partial charge in [0.2, 0.25) is 0 Å². The van der Waals surface area contributed by atoms with Crippen LogP contribution in [0, 0.1) is 0 Å². The molecule has 0 radical (unpaired) electrons. The molecule has 0 atom stereocenters. The lowest BCUT2D eigenvalue weighted by Crippen LogP contribution is -3.00. The average Bonchev–Trinajstić information content (AvgIpc) is 2.52. The first-order chi connectivity index (χ1) is 13.0. The van der Waals surface area contributed by atoms with Crippen LogP contribution in [-0.4, -0.2) is 70.3 Å². The second kappa shape index (κ2) is 20.9. The maximum atomic E-state index is 9.89. The number of halogens is 1. The number of carbonyl (C=O) groups excluding carboxylic acids is 1. The Labute approximate surface area is 189 Å². The van der Waals surface area contributed by atoms with E-state index in [1.54, 1.807) is 21.1 Å². The highest BCUT2D eigenvalue weighted by molar-refractivity contribution is 5.65. The molecule has 0 aliphatic carbocycles. The van der Waals surface area contributed by atoms with Crippen molar-refractivity contribution in [2.45, 2.75) is 96.8 Å². The average molecular weight is 437 g/mol. The van der Waals surface area contributed by atoms with Crippen LogP contribution in [0.5, 0.6) is 0 Å². The Morgan fingerprint density at radius 3 is 1.10 bits per heavy atom. The zero-order chi connectivity index (χ0) is 21.9. The van der Waals surface area contributed by atoms with E-state index in [4.69, 9.17) is 0 Å². The largest absolute Gasteiger partial charge is 1.00 e. The fraction of sp³-hybridized carbons (Fsp3) is 0.958. The number of carboxylic acids is 1. The third-order valence-electron chi connectivity index (χ3n) is 4.79. The third kappa shape index (κ3) is 38.8. The number of hydrogen-bond acceptors (Lipinski definition) is 2. The van der Waals surface area contributed by atoms with Crippen LogP contribution in [-0.2, 0) is 4.79 Å². The van der Waals surface area contributed by atoms with E-state index < -0.39 is 5.97 Å². The molecule has 0 aromatic rings. The lowest BCUT2D eigenvalue weighted by molar-refractivity contribution is -0.870. The van der Waals surface area contributed by atoms with Gasteiger partial charge in [-0.05, 0) is 12.8 Å². The molecule has 0 heterocycles. The molecule has 4 nitrogen and oxygen atoms in total. The zero-order valence-electron chi connectivity index (χ0n) is 20.9. The molecule has 0 N–H and O–H groups in total. The van der Waals surface area contributed by atoms with Crippen LogP contribution in [0.25, 0.3) is 0 Å². The molecule has 0 saturated heterocycles. The fourth-order valence-corrected chi connectivity index (χ4v) is 3.17. The summed E-state index contributed by atoms with van der Waals surface area (Å²) in [4.78, 5) is 9.89. The Morgan fingerprint density at radius 2 is 0.897 bits per heavy atom. The van der Waals surface area contributed by atoms with E-state index in [0.29, 0.717) is 4.48 Å². The van der Waals surface area contributed by atoms with E-state index in [1.165, 1.54) is 96.4 Å². The van der Waals surface area contributed by atoms with E-state index in [1.807, 2.05) is 0 Å². The van der Waals surface area contributed by atoms with Gasteiger partial charge in [-0.15, -0.1) is 0 Å². The first kappa shape index (κ1) is 33.3. The van der Waals surface area contributed by atoms with Crippen molar-refractivity contribution in [3.8, 4) is 0 Å². The van der Waals surface area contributed by atoms with Gasteiger partial charge in [0.15, 0.2) is 0 Å². The van der Waals surface area contributed by atoms with Gasteiger partial charge in [-0.1, -0.05) is 84.0 Å². The number of aliphatic carboxylic acids is 1. The molecule has 0 unspecified atom stereocenters. The van der Waals surface area contributed by atoms with Crippen LogP contribution >= 0.6 is 0 Å². The quantitative estimate of drug-likeness (QED) is 0.257. The summed E-state index contributed by atoms with van der Waals surface area (Å²) in [7, 11) is 12.3. The van der Waals surface area contributed by atoms with Crippen LogP contribution in [0.4, 0.5) is 0 Å². The standard InChI is InChI=1S/C19H42N.C5H11NO2.ClH/c1-5-6-7-8-9-10-11-12-13-14-15-16-17-18-19-20(2,3)4;1-6(2,3)4-5(7)8;/h5-19H2,1-4H3;4H2,1-3H3;1H/q+1;;/p-1. The first-order valence-electron chi connectivity index (χ1n) is 11.8. The SMILES string of the molecule is CCCCCCCCCCCCCCCC[N+](C)(C)C.C[N+](C)(C)CC(=O)[O-].[Cl-]. The van der Waals surface area contributed by atoms with Crippen molar-refractivity contribution in [1.29, 1.82) is 0 Å². The van der Waals surface area contributed by atoms with Crippen molar-refractivity contribution in [3.63, 3.8) is 0 Å². The Balaban J connectivity index is -0.000000636. The van der Waals surface area contributed by atoms with Gasteiger partial charge >= 0.3 is 0 Å². The minimum absolute atomic E-state index is 0. The van der Waals surface area contributed by atoms with Gasteiger partial charge in [0, 0.05) is 0 Å². The van der Waals surface area contributed by atoms with Crippen molar-refractivity contribution < 1.29 is 31.3 Å². The maximum Gasteiger partial charge on any atom is 0.118 e. The molecule has 0 fully saturated rings. The van der Waals surface area contributed by atoms with Crippen LogP contribution < -0.4 is 17.5 Å². The molecule has 0 aliphatic heterocycles. The van der Waals surface area contributed by atoms with Crippen LogP contribution in [0.3, 0.4) is 0 Å². The number of nitrogens with zero attached hydrogens (tertiary/aromatic N) is 2. The molecule has 0 bridgehead atoms. The fourth-order valence-electron chi connectivity index (χ4n) is 3.17. The molecule has 29 heavy (non-hydrogen) atoms. The number of likely N-dealkylation sites (N-methyl/N-ethyl adjacent to an activating group) is 1. The number of quaternary nitrogens is 2. The lowest BCUT2D eigenvalue weighted by atomic mass is 10.0. The highest BCUT2D eigenvalue weighted by Crippen LogP contribution is 2.13. The van der Waals surface area contributed by atoms with Gasteiger partial charge in [-0.25, -0.2) is 0 Å². The van der Waals surface area contributed by atoms with E-state index in [9.17, 15) is 9.90 Å². The molecule has 0 spiro atoms. The topological polar surface area (TPSA) is 40.1 Å². The van der Waals surface area contributed by atoms with Gasteiger partial charge in [0.25, 0.3) is 0 Å². The Kier molecular flexibility index (Phi) is 24.1. The highest BCUT2D eigenvalue weighted by Gasteiger charge is 2.05. The minimum Gasteiger partial charge on any atom is -1.00 e. The molecule has 0 amide bonds. The molecular weight excluding hydrogens is 384 g/mol. The van der Waals surface area contributed by atoms with E-state index in [0.717, 1.165) is 4.48 Å². The Bertz CT molecular complexity index is 350.